The SMILES string of the molecule is FC(F)(F)Cc1ccc(-n2cc(-c3nc4ncccc4[nH]3)cn2)nc1. The second-order valence-electron chi connectivity index (χ2n) is 5.45. The van der Waals surface area contributed by atoms with Gasteiger partial charge in [-0.15, -0.1) is 0 Å². The van der Waals surface area contributed by atoms with Crippen LogP contribution in [0.1, 0.15) is 5.56 Å². The summed E-state index contributed by atoms with van der Waals surface area (Å²) in [6.45, 7) is 0. The molecule has 0 saturated heterocycles. The maximum absolute atomic E-state index is 12.4. The summed E-state index contributed by atoms with van der Waals surface area (Å²) < 4.78 is 38.6. The number of aromatic amines is 1. The average molecular weight is 344 g/mol. The number of aromatic nitrogens is 6. The summed E-state index contributed by atoms with van der Waals surface area (Å²) in [5.41, 5.74) is 2.23. The van der Waals surface area contributed by atoms with E-state index in [-0.39, 0.29) is 5.56 Å². The number of halogens is 3. The van der Waals surface area contributed by atoms with Crippen LogP contribution in [0.25, 0.3) is 28.4 Å². The number of pyridine rings is 2. The van der Waals surface area contributed by atoms with E-state index < -0.39 is 12.6 Å². The third-order valence-electron chi connectivity index (χ3n) is 3.56. The molecule has 0 bridgehead atoms. The lowest BCUT2D eigenvalue weighted by molar-refractivity contribution is -0.127. The van der Waals surface area contributed by atoms with E-state index >= 15 is 0 Å². The molecule has 4 aromatic heterocycles. The Morgan fingerprint density at radius 2 is 1.96 bits per heavy atom. The predicted molar refractivity (Wildman–Crippen MR) is 84.0 cm³/mol. The van der Waals surface area contributed by atoms with Gasteiger partial charge in [0.25, 0.3) is 0 Å². The fraction of sp³-hybridized carbons (Fsp3) is 0.125. The van der Waals surface area contributed by atoms with Crippen molar-refractivity contribution >= 4 is 11.2 Å². The fourth-order valence-electron chi connectivity index (χ4n) is 2.44. The molecule has 0 saturated carbocycles. The van der Waals surface area contributed by atoms with Crippen LogP contribution in [0, 0.1) is 0 Å². The summed E-state index contributed by atoms with van der Waals surface area (Å²) >= 11 is 0. The highest BCUT2D eigenvalue weighted by molar-refractivity contribution is 5.75. The molecule has 4 aromatic rings. The minimum absolute atomic E-state index is 0.104. The molecule has 0 atom stereocenters. The van der Waals surface area contributed by atoms with E-state index in [4.69, 9.17) is 0 Å². The van der Waals surface area contributed by atoms with Crippen LogP contribution in [0.5, 0.6) is 0 Å². The first-order valence-electron chi connectivity index (χ1n) is 7.36. The normalized spacial score (nSPS) is 12.0. The third-order valence-corrected chi connectivity index (χ3v) is 3.56. The number of hydrogen-bond donors (Lipinski definition) is 1. The third kappa shape index (κ3) is 3.21. The Kier molecular flexibility index (Phi) is 3.48. The van der Waals surface area contributed by atoms with Crippen LogP contribution in [0.4, 0.5) is 13.2 Å². The van der Waals surface area contributed by atoms with Gasteiger partial charge in [0.05, 0.1) is 23.7 Å². The summed E-state index contributed by atoms with van der Waals surface area (Å²) in [6, 6.07) is 6.56. The standard InChI is InChI=1S/C16H11F3N6/c17-16(18,19)6-10-3-4-13(21-7-10)25-9-11(8-22-25)14-23-12-2-1-5-20-15(12)24-14/h1-5,7-9H,6H2,(H,20,23,24). The van der Waals surface area contributed by atoms with Crippen LogP contribution in [0.15, 0.2) is 49.1 Å². The number of rotatable bonds is 3. The number of alkyl halides is 3. The van der Waals surface area contributed by atoms with Gasteiger partial charge in [0.2, 0.25) is 0 Å². The molecule has 1 N–H and O–H groups in total. The maximum Gasteiger partial charge on any atom is 0.393 e. The first kappa shape index (κ1) is 15.3. The molecule has 126 valence electrons. The Balaban J connectivity index is 1.60. The van der Waals surface area contributed by atoms with E-state index in [1.54, 1.807) is 24.7 Å². The van der Waals surface area contributed by atoms with Crippen LogP contribution < -0.4 is 0 Å². The van der Waals surface area contributed by atoms with Crippen molar-refractivity contribution in [1.82, 2.24) is 29.7 Å². The topological polar surface area (TPSA) is 72.3 Å². The summed E-state index contributed by atoms with van der Waals surface area (Å²) in [6.07, 6.45) is 0.901. The molecule has 0 amide bonds. The molecule has 0 aliphatic rings. The van der Waals surface area contributed by atoms with E-state index in [0.29, 0.717) is 17.3 Å². The Hall–Kier alpha value is -3.23. The van der Waals surface area contributed by atoms with Crippen molar-refractivity contribution in [2.75, 3.05) is 0 Å². The first-order chi connectivity index (χ1) is 12.0. The Morgan fingerprint density at radius 3 is 2.68 bits per heavy atom. The second kappa shape index (κ2) is 5.69. The van der Waals surface area contributed by atoms with Crippen LogP contribution in [0.2, 0.25) is 0 Å². The molecular weight excluding hydrogens is 333 g/mol. The van der Waals surface area contributed by atoms with Gasteiger partial charge in [-0.2, -0.15) is 18.3 Å². The second-order valence-corrected chi connectivity index (χ2v) is 5.45. The molecular formula is C16H11F3N6. The van der Waals surface area contributed by atoms with Crippen molar-refractivity contribution < 1.29 is 13.2 Å². The number of H-pyrrole nitrogens is 1. The van der Waals surface area contributed by atoms with Crippen molar-refractivity contribution in [3.05, 3.63) is 54.6 Å². The molecule has 0 fully saturated rings. The van der Waals surface area contributed by atoms with E-state index in [2.05, 4.69) is 25.0 Å². The zero-order valence-corrected chi connectivity index (χ0v) is 12.7. The molecule has 6 nitrogen and oxygen atoms in total. The number of nitrogens with one attached hydrogen (secondary N) is 1. The highest BCUT2D eigenvalue weighted by Crippen LogP contribution is 2.22. The van der Waals surface area contributed by atoms with Crippen LogP contribution >= 0.6 is 0 Å². The van der Waals surface area contributed by atoms with E-state index in [1.807, 2.05) is 6.07 Å². The first-order valence-corrected chi connectivity index (χ1v) is 7.36. The number of fused-ring (bicyclic) bond motifs is 1. The quantitative estimate of drug-likeness (QED) is 0.619. The number of nitrogens with zero attached hydrogens (tertiary/aromatic N) is 5. The molecule has 0 aliphatic heterocycles. The van der Waals surface area contributed by atoms with Gasteiger partial charge < -0.3 is 4.98 Å². The van der Waals surface area contributed by atoms with Gasteiger partial charge in [0, 0.05) is 18.6 Å². The van der Waals surface area contributed by atoms with Crippen LogP contribution in [0.3, 0.4) is 0 Å². The maximum atomic E-state index is 12.4. The van der Waals surface area contributed by atoms with E-state index in [0.717, 1.165) is 11.1 Å². The van der Waals surface area contributed by atoms with Crippen molar-refractivity contribution in [2.24, 2.45) is 0 Å². The Morgan fingerprint density at radius 1 is 1.08 bits per heavy atom. The molecule has 0 aliphatic carbocycles. The monoisotopic (exact) mass is 344 g/mol. The van der Waals surface area contributed by atoms with Crippen LogP contribution in [-0.4, -0.2) is 35.9 Å². The number of hydrogen-bond acceptors (Lipinski definition) is 4. The molecule has 25 heavy (non-hydrogen) atoms. The highest BCUT2D eigenvalue weighted by atomic mass is 19.4. The van der Waals surface area contributed by atoms with Gasteiger partial charge in [-0.25, -0.2) is 19.6 Å². The molecule has 0 spiro atoms. The van der Waals surface area contributed by atoms with Crippen molar-refractivity contribution in [3.8, 4) is 17.2 Å². The Bertz CT molecular complexity index is 983. The summed E-state index contributed by atoms with van der Waals surface area (Å²) in [5, 5.41) is 4.19. The molecule has 4 rings (SSSR count). The van der Waals surface area contributed by atoms with E-state index in [1.165, 1.54) is 23.0 Å². The van der Waals surface area contributed by atoms with Gasteiger partial charge in [-0.1, -0.05) is 6.07 Å². The van der Waals surface area contributed by atoms with Gasteiger partial charge in [0.15, 0.2) is 11.5 Å². The highest BCUT2D eigenvalue weighted by Gasteiger charge is 2.27. The van der Waals surface area contributed by atoms with Gasteiger partial charge in [-0.3, -0.25) is 0 Å². The molecule has 9 heteroatoms. The molecule has 0 aromatic carbocycles. The van der Waals surface area contributed by atoms with Gasteiger partial charge in [0.1, 0.15) is 5.82 Å². The zero-order chi connectivity index (χ0) is 17.4. The van der Waals surface area contributed by atoms with Crippen molar-refractivity contribution in [3.63, 3.8) is 0 Å². The lowest BCUT2D eigenvalue weighted by Crippen LogP contribution is -2.12. The summed E-state index contributed by atoms with van der Waals surface area (Å²) in [4.78, 5) is 15.7. The number of imidazole rings is 1. The Labute approximate surface area is 139 Å². The minimum atomic E-state index is -4.25. The zero-order valence-electron chi connectivity index (χ0n) is 12.7. The molecule has 0 radical (unpaired) electrons. The average Bonchev–Trinajstić information content (AvgIpc) is 3.21. The summed E-state index contributed by atoms with van der Waals surface area (Å²) in [5.74, 6) is 1.03. The molecule has 4 heterocycles. The van der Waals surface area contributed by atoms with Crippen LogP contribution in [-0.2, 0) is 6.42 Å². The predicted octanol–water partition coefficient (Wildman–Crippen LogP) is 3.31. The minimum Gasteiger partial charge on any atom is -0.336 e. The van der Waals surface area contributed by atoms with Crippen molar-refractivity contribution in [2.45, 2.75) is 12.6 Å². The fourth-order valence-corrected chi connectivity index (χ4v) is 2.44. The largest absolute Gasteiger partial charge is 0.393 e. The van der Waals surface area contributed by atoms with Gasteiger partial charge >= 0.3 is 6.18 Å². The molecule has 0 unspecified atom stereocenters. The van der Waals surface area contributed by atoms with Crippen molar-refractivity contribution in [1.29, 1.82) is 0 Å². The lowest BCUT2D eigenvalue weighted by Gasteiger charge is -2.06. The van der Waals surface area contributed by atoms with Gasteiger partial charge in [-0.05, 0) is 23.8 Å². The lowest BCUT2D eigenvalue weighted by atomic mass is 10.2. The van der Waals surface area contributed by atoms with E-state index in [9.17, 15) is 13.2 Å². The smallest absolute Gasteiger partial charge is 0.336 e. The summed E-state index contributed by atoms with van der Waals surface area (Å²) in [7, 11) is 0.